The molecule has 2 heterocycles. The van der Waals surface area contributed by atoms with Crippen molar-refractivity contribution in [1.82, 2.24) is 4.90 Å². The molecule has 1 saturated heterocycles. The Hall–Kier alpha value is -2.08. The number of urea groups is 1. The minimum atomic E-state index is -0.976. The summed E-state index contributed by atoms with van der Waals surface area (Å²) < 4.78 is 5.31. The number of likely N-dealkylation sites (N-methyl/N-ethyl adjacent to an activating group) is 1. The Bertz CT molecular complexity index is 569. The second kappa shape index (κ2) is 5.37. The van der Waals surface area contributed by atoms with Crippen molar-refractivity contribution < 1.29 is 19.4 Å². The van der Waals surface area contributed by atoms with Crippen LogP contribution < -0.4 is 4.90 Å². The van der Waals surface area contributed by atoms with Crippen LogP contribution in [-0.4, -0.2) is 54.4 Å². The topological polar surface area (TPSA) is 70.1 Å². The molecule has 2 aliphatic heterocycles. The summed E-state index contributed by atoms with van der Waals surface area (Å²) in [4.78, 5) is 27.2. The van der Waals surface area contributed by atoms with Gasteiger partial charge in [-0.2, -0.15) is 0 Å². The van der Waals surface area contributed by atoms with E-state index in [1.54, 1.807) is 18.0 Å². The summed E-state index contributed by atoms with van der Waals surface area (Å²) >= 11 is 0. The van der Waals surface area contributed by atoms with Gasteiger partial charge in [0.15, 0.2) is 0 Å². The summed E-state index contributed by atoms with van der Waals surface area (Å²) in [5.41, 5.74) is 1.59. The highest BCUT2D eigenvalue weighted by Crippen LogP contribution is 2.33. The number of hydrogen-bond acceptors (Lipinski definition) is 3. The number of hydrogen-bond donors (Lipinski definition) is 1. The van der Waals surface area contributed by atoms with Gasteiger partial charge in [0.05, 0.1) is 12.6 Å². The molecule has 2 amide bonds. The van der Waals surface area contributed by atoms with Gasteiger partial charge in [0.2, 0.25) is 0 Å². The predicted molar refractivity (Wildman–Crippen MR) is 76.4 cm³/mol. The molecule has 1 aromatic rings. The van der Waals surface area contributed by atoms with Gasteiger partial charge in [-0.25, -0.2) is 9.59 Å². The fraction of sp³-hybridized carbons (Fsp3) is 0.467. The molecule has 112 valence electrons. The third-order valence-corrected chi connectivity index (χ3v) is 4.22. The zero-order chi connectivity index (χ0) is 15.0. The number of carboxylic acid groups (broad SMARTS) is 1. The molecular weight excluding hydrogens is 272 g/mol. The highest BCUT2D eigenvalue weighted by atomic mass is 16.5. The van der Waals surface area contributed by atoms with Gasteiger partial charge in [-0.05, 0) is 18.1 Å². The van der Waals surface area contributed by atoms with Gasteiger partial charge in [-0.15, -0.1) is 0 Å². The lowest BCUT2D eigenvalue weighted by molar-refractivity contribution is -0.138. The lowest BCUT2D eigenvalue weighted by atomic mass is 10.1. The van der Waals surface area contributed by atoms with Crippen molar-refractivity contribution in [1.29, 1.82) is 0 Å². The maximum Gasteiger partial charge on any atom is 0.327 e. The molecule has 2 atom stereocenters. The van der Waals surface area contributed by atoms with E-state index in [9.17, 15) is 14.7 Å². The molecule has 0 radical (unpaired) electrons. The third kappa shape index (κ3) is 2.35. The molecule has 1 N–H and O–H groups in total. The van der Waals surface area contributed by atoms with E-state index in [0.717, 1.165) is 12.0 Å². The van der Waals surface area contributed by atoms with Crippen molar-refractivity contribution in [3.8, 4) is 0 Å². The minimum absolute atomic E-state index is 0.0136. The van der Waals surface area contributed by atoms with Crippen LogP contribution in [0, 0.1) is 0 Å². The molecule has 0 aromatic heterocycles. The molecule has 1 aromatic carbocycles. The van der Waals surface area contributed by atoms with E-state index >= 15 is 0 Å². The Morgan fingerprint density at radius 2 is 2.14 bits per heavy atom. The Kier molecular flexibility index (Phi) is 3.55. The standard InChI is InChI=1S/C15H18N2O4/c1-16(11-6-7-21-9-11)15(20)17-12-5-3-2-4-10(12)8-13(17)14(18)19/h2-5,11,13H,6-9H2,1H3,(H,18,19). The fourth-order valence-electron chi connectivity index (χ4n) is 2.97. The number of fused-ring (bicyclic) bond motifs is 1. The SMILES string of the molecule is CN(C(=O)N1c2ccccc2CC1C(=O)O)C1CCOC1. The fourth-order valence-corrected chi connectivity index (χ4v) is 2.97. The lowest BCUT2D eigenvalue weighted by Gasteiger charge is -2.31. The first-order valence-corrected chi connectivity index (χ1v) is 7.04. The molecule has 21 heavy (non-hydrogen) atoms. The summed E-state index contributed by atoms with van der Waals surface area (Å²) in [6, 6.07) is 6.26. The molecule has 3 rings (SSSR count). The van der Waals surface area contributed by atoms with E-state index in [0.29, 0.717) is 25.3 Å². The molecule has 2 aliphatic rings. The maximum absolute atomic E-state index is 12.7. The normalized spacial score (nSPS) is 24.0. The van der Waals surface area contributed by atoms with Gasteiger partial charge in [-0.1, -0.05) is 18.2 Å². The Labute approximate surface area is 122 Å². The molecule has 6 heteroatoms. The van der Waals surface area contributed by atoms with Gasteiger partial charge >= 0.3 is 12.0 Å². The van der Waals surface area contributed by atoms with E-state index < -0.39 is 12.0 Å². The van der Waals surface area contributed by atoms with Crippen molar-refractivity contribution in [3.05, 3.63) is 29.8 Å². The van der Waals surface area contributed by atoms with Crippen LogP contribution in [0.4, 0.5) is 10.5 Å². The van der Waals surface area contributed by atoms with Crippen molar-refractivity contribution in [2.45, 2.75) is 24.9 Å². The number of anilines is 1. The average molecular weight is 290 g/mol. The van der Waals surface area contributed by atoms with Crippen LogP contribution in [-0.2, 0) is 16.0 Å². The monoisotopic (exact) mass is 290 g/mol. The van der Waals surface area contributed by atoms with Crippen LogP contribution in [0.3, 0.4) is 0 Å². The highest BCUT2D eigenvalue weighted by Gasteiger charge is 2.40. The maximum atomic E-state index is 12.7. The number of nitrogens with zero attached hydrogens (tertiary/aromatic N) is 2. The lowest BCUT2D eigenvalue weighted by Crippen LogP contribution is -2.51. The van der Waals surface area contributed by atoms with E-state index in [2.05, 4.69) is 0 Å². The van der Waals surface area contributed by atoms with Crippen molar-refractivity contribution in [3.63, 3.8) is 0 Å². The number of para-hydroxylation sites is 1. The van der Waals surface area contributed by atoms with E-state index in [1.165, 1.54) is 4.90 Å². The van der Waals surface area contributed by atoms with Crippen molar-refractivity contribution >= 4 is 17.7 Å². The van der Waals surface area contributed by atoms with Crippen LogP contribution in [0.5, 0.6) is 0 Å². The number of benzene rings is 1. The van der Waals surface area contributed by atoms with Crippen LogP contribution in [0.25, 0.3) is 0 Å². The van der Waals surface area contributed by atoms with Crippen LogP contribution in [0.1, 0.15) is 12.0 Å². The molecule has 2 unspecified atom stereocenters. The molecule has 0 aliphatic carbocycles. The Balaban J connectivity index is 1.90. The third-order valence-electron chi connectivity index (χ3n) is 4.22. The number of carbonyl (C=O) groups excluding carboxylic acids is 1. The molecule has 1 fully saturated rings. The van der Waals surface area contributed by atoms with Crippen molar-refractivity contribution in [2.75, 3.05) is 25.2 Å². The number of amides is 2. The number of aliphatic carboxylic acids is 1. The number of ether oxygens (including phenoxy) is 1. The highest BCUT2D eigenvalue weighted by molar-refractivity contribution is 6.01. The summed E-state index contributed by atoms with van der Waals surface area (Å²) in [6.07, 6.45) is 1.14. The van der Waals surface area contributed by atoms with E-state index in [4.69, 9.17) is 4.74 Å². The quantitative estimate of drug-likeness (QED) is 0.892. The molecular formula is C15H18N2O4. The van der Waals surface area contributed by atoms with Gasteiger partial charge in [0, 0.05) is 25.8 Å². The van der Waals surface area contributed by atoms with Gasteiger partial charge in [0.1, 0.15) is 6.04 Å². The number of rotatable bonds is 2. The predicted octanol–water partition coefficient (Wildman–Crippen LogP) is 1.34. The summed E-state index contributed by atoms with van der Waals surface area (Å²) in [5.74, 6) is -0.976. The smallest absolute Gasteiger partial charge is 0.327 e. The summed E-state index contributed by atoms with van der Waals surface area (Å²) in [6.45, 7) is 1.15. The average Bonchev–Trinajstić information content (AvgIpc) is 3.12. The second-order valence-corrected chi connectivity index (χ2v) is 5.47. The largest absolute Gasteiger partial charge is 0.480 e. The Morgan fingerprint density at radius 3 is 2.81 bits per heavy atom. The van der Waals surface area contributed by atoms with Gasteiger partial charge in [0.25, 0.3) is 0 Å². The first-order chi connectivity index (χ1) is 10.1. The Morgan fingerprint density at radius 1 is 1.38 bits per heavy atom. The zero-order valence-corrected chi connectivity index (χ0v) is 11.9. The zero-order valence-electron chi connectivity index (χ0n) is 11.9. The summed E-state index contributed by atoms with van der Waals surface area (Å²) in [7, 11) is 1.71. The number of carbonyl (C=O) groups is 2. The molecule has 0 bridgehead atoms. The molecule has 0 saturated carbocycles. The van der Waals surface area contributed by atoms with E-state index in [1.807, 2.05) is 18.2 Å². The summed E-state index contributed by atoms with van der Waals surface area (Å²) in [5, 5.41) is 9.41. The second-order valence-electron chi connectivity index (χ2n) is 5.47. The van der Waals surface area contributed by atoms with Gasteiger partial charge in [-0.3, -0.25) is 4.90 Å². The number of carboxylic acids is 1. The van der Waals surface area contributed by atoms with Crippen LogP contribution in [0.2, 0.25) is 0 Å². The molecule has 0 spiro atoms. The van der Waals surface area contributed by atoms with E-state index in [-0.39, 0.29) is 12.1 Å². The molecule has 6 nitrogen and oxygen atoms in total. The van der Waals surface area contributed by atoms with Crippen LogP contribution >= 0.6 is 0 Å². The van der Waals surface area contributed by atoms with Crippen molar-refractivity contribution in [2.24, 2.45) is 0 Å². The first kappa shape index (κ1) is 13.9. The van der Waals surface area contributed by atoms with Crippen LogP contribution in [0.15, 0.2) is 24.3 Å². The van der Waals surface area contributed by atoms with Gasteiger partial charge < -0.3 is 14.7 Å². The minimum Gasteiger partial charge on any atom is -0.480 e. The first-order valence-electron chi connectivity index (χ1n) is 7.04.